The number of aromatic nitrogens is 1. The van der Waals surface area contributed by atoms with Gasteiger partial charge in [0.2, 0.25) is 0 Å². The molecular weight excluding hydrogens is 370 g/mol. The Morgan fingerprint density at radius 1 is 1.42 bits per heavy atom. The highest BCUT2D eigenvalue weighted by Crippen LogP contribution is 2.33. The molecule has 1 amide bonds. The van der Waals surface area contributed by atoms with Crippen LogP contribution in [0.15, 0.2) is 22.8 Å². The van der Waals surface area contributed by atoms with E-state index in [1.54, 1.807) is 4.90 Å². The lowest BCUT2D eigenvalue weighted by Crippen LogP contribution is -2.39. The van der Waals surface area contributed by atoms with Crippen LogP contribution in [0.25, 0.3) is 10.9 Å². The fourth-order valence-corrected chi connectivity index (χ4v) is 3.73. The molecule has 0 saturated carbocycles. The number of hydrogen-bond acceptors (Lipinski definition) is 3. The second-order valence-electron chi connectivity index (χ2n) is 6.42. The first-order valence-electron chi connectivity index (χ1n) is 8.16. The first-order valence-corrected chi connectivity index (χ1v) is 8.95. The van der Waals surface area contributed by atoms with E-state index < -0.39 is 0 Å². The van der Waals surface area contributed by atoms with Crippen LogP contribution in [0, 0.1) is 11.3 Å². The SMILES string of the molecule is CC(C)OC(=O)N1CCC(c2ccc3[nH]c(Br)c(C#N)c3c2)CC1. The van der Waals surface area contributed by atoms with Crippen LogP contribution >= 0.6 is 15.9 Å². The summed E-state index contributed by atoms with van der Waals surface area (Å²) in [5.74, 6) is 0.401. The minimum atomic E-state index is -0.222. The van der Waals surface area contributed by atoms with Gasteiger partial charge < -0.3 is 14.6 Å². The Morgan fingerprint density at radius 3 is 2.75 bits per heavy atom. The van der Waals surface area contributed by atoms with Crippen molar-refractivity contribution in [1.29, 1.82) is 5.26 Å². The van der Waals surface area contributed by atoms with Gasteiger partial charge in [-0.3, -0.25) is 0 Å². The number of H-pyrrole nitrogens is 1. The highest BCUT2D eigenvalue weighted by molar-refractivity contribution is 9.10. The van der Waals surface area contributed by atoms with Crippen molar-refractivity contribution in [3.63, 3.8) is 0 Å². The number of rotatable bonds is 2. The maximum atomic E-state index is 12.0. The van der Waals surface area contributed by atoms with E-state index in [9.17, 15) is 10.1 Å². The van der Waals surface area contributed by atoms with E-state index in [0.717, 1.165) is 28.3 Å². The molecule has 0 spiro atoms. The van der Waals surface area contributed by atoms with E-state index in [1.165, 1.54) is 5.56 Å². The third-order valence-corrected chi connectivity index (χ3v) is 5.04. The van der Waals surface area contributed by atoms with Crippen molar-refractivity contribution in [2.24, 2.45) is 0 Å². The number of piperidine rings is 1. The predicted octanol–water partition coefficient (Wildman–Crippen LogP) is 4.53. The molecule has 1 aliphatic rings. The van der Waals surface area contributed by atoms with Gasteiger partial charge in [-0.1, -0.05) is 6.07 Å². The zero-order chi connectivity index (χ0) is 17.3. The van der Waals surface area contributed by atoms with Crippen molar-refractivity contribution >= 4 is 32.9 Å². The Kier molecular flexibility index (Phi) is 4.81. The number of nitrogens with zero attached hydrogens (tertiary/aromatic N) is 2. The van der Waals surface area contributed by atoms with Crippen LogP contribution < -0.4 is 0 Å². The highest BCUT2D eigenvalue weighted by Gasteiger charge is 2.25. The zero-order valence-corrected chi connectivity index (χ0v) is 15.4. The van der Waals surface area contributed by atoms with Crippen LogP contribution in [-0.4, -0.2) is 35.2 Å². The number of carbonyl (C=O) groups excluding carboxylic acids is 1. The summed E-state index contributed by atoms with van der Waals surface area (Å²) in [7, 11) is 0. The van der Waals surface area contributed by atoms with Gasteiger partial charge in [0.05, 0.1) is 11.7 Å². The molecule has 1 saturated heterocycles. The maximum Gasteiger partial charge on any atom is 0.410 e. The molecule has 1 aliphatic heterocycles. The lowest BCUT2D eigenvalue weighted by molar-refractivity contribution is 0.0692. The van der Waals surface area contributed by atoms with Crippen LogP contribution in [0.2, 0.25) is 0 Å². The molecule has 1 aromatic heterocycles. The first kappa shape index (κ1) is 16.8. The van der Waals surface area contributed by atoms with Crippen molar-refractivity contribution < 1.29 is 9.53 Å². The average Bonchev–Trinajstić information content (AvgIpc) is 2.88. The third kappa shape index (κ3) is 3.27. The Balaban J connectivity index is 1.74. The summed E-state index contributed by atoms with van der Waals surface area (Å²) < 4.78 is 5.99. The number of benzene rings is 1. The molecular formula is C18H20BrN3O2. The molecule has 2 heterocycles. The van der Waals surface area contributed by atoms with Crippen LogP contribution in [0.3, 0.4) is 0 Å². The second kappa shape index (κ2) is 6.86. The van der Waals surface area contributed by atoms with E-state index in [4.69, 9.17) is 4.74 Å². The predicted molar refractivity (Wildman–Crippen MR) is 95.9 cm³/mol. The van der Waals surface area contributed by atoms with Crippen LogP contribution in [0.1, 0.15) is 43.7 Å². The lowest BCUT2D eigenvalue weighted by atomic mass is 9.89. The number of likely N-dealkylation sites (tertiary alicyclic amines) is 1. The Hall–Kier alpha value is -2.00. The molecule has 6 heteroatoms. The summed E-state index contributed by atoms with van der Waals surface area (Å²) in [6.45, 7) is 5.13. The molecule has 126 valence electrons. The quantitative estimate of drug-likeness (QED) is 0.819. The van der Waals surface area contributed by atoms with Crippen LogP contribution in [-0.2, 0) is 4.74 Å². The van der Waals surface area contributed by atoms with E-state index >= 15 is 0 Å². The molecule has 0 unspecified atom stereocenters. The number of nitrogens with one attached hydrogen (secondary N) is 1. The summed E-state index contributed by atoms with van der Waals surface area (Å²) in [6, 6.07) is 8.47. The number of hydrogen-bond donors (Lipinski definition) is 1. The number of amides is 1. The Bertz CT molecular complexity index is 798. The molecule has 1 aromatic carbocycles. The molecule has 24 heavy (non-hydrogen) atoms. The van der Waals surface area contributed by atoms with Crippen LogP contribution in [0.4, 0.5) is 4.79 Å². The van der Waals surface area contributed by atoms with Crippen molar-refractivity contribution in [2.75, 3.05) is 13.1 Å². The molecule has 5 nitrogen and oxygen atoms in total. The second-order valence-corrected chi connectivity index (χ2v) is 7.22. The first-order chi connectivity index (χ1) is 11.5. The number of ether oxygens (including phenoxy) is 1. The summed E-state index contributed by atoms with van der Waals surface area (Å²) >= 11 is 3.40. The van der Waals surface area contributed by atoms with Gasteiger partial charge in [0.1, 0.15) is 10.7 Å². The molecule has 0 bridgehead atoms. The number of aromatic amines is 1. The van der Waals surface area contributed by atoms with Gasteiger partial charge in [-0.15, -0.1) is 0 Å². The summed E-state index contributed by atoms with van der Waals surface area (Å²) in [4.78, 5) is 16.9. The third-order valence-electron chi connectivity index (χ3n) is 4.45. The maximum absolute atomic E-state index is 12.0. The topological polar surface area (TPSA) is 69.1 Å². The largest absolute Gasteiger partial charge is 0.447 e. The normalized spacial score (nSPS) is 15.7. The minimum Gasteiger partial charge on any atom is -0.447 e. The fourth-order valence-electron chi connectivity index (χ4n) is 3.21. The van der Waals surface area contributed by atoms with Crippen molar-refractivity contribution in [3.8, 4) is 6.07 Å². The molecule has 3 rings (SSSR count). The molecule has 1 fully saturated rings. The molecule has 2 aromatic rings. The number of carbonyl (C=O) groups is 1. The van der Waals surface area contributed by atoms with Gasteiger partial charge in [-0.2, -0.15) is 5.26 Å². The Morgan fingerprint density at radius 2 is 2.12 bits per heavy atom. The fraction of sp³-hybridized carbons (Fsp3) is 0.444. The lowest BCUT2D eigenvalue weighted by Gasteiger charge is -2.32. The van der Waals surface area contributed by atoms with Gasteiger partial charge in [0.25, 0.3) is 0 Å². The summed E-state index contributed by atoms with van der Waals surface area (Å²) in [5.41, 5.74) is 2.83. The van der Waals surface area contributed by atoms with Crippen molar-refractivity contribution in [1.82, 2.24) is 9.88 Å². The Labute approximate surface area is 149 Å². The van der Waals surface area contributed by atoms with Gasteiger partial charge in [0.15, 0.2) is 0 Å². The van der Waals surface area contributed by atoms with Gasteiger partial charge in [-0.25, -0.2) is 4.79 Å². The monoisotopic (exact) mass is 389 g/mol. The van der Waals surface area contributed by atoms with E-state index in [-0.39, 0.29) is 12.2 Å². The van der Waals surface area contributed by atoms with Gasteiger partial charge >= 0.3 is 6.09 Å². The van der Waals surface area contributed by atoms with E-state index in [1.807, 2.05) is 19.9 Å². The smallest absolute Gasteiger partial charge is 0.410 e. The zero-order valence-electron chi connectivity index (χ0n) is 13.8. The molecule has 0 radical (unpaired) electrons. The summed E-state index contributed by atoms with van der Waals surface area (Å²) in [6.07, 6.45) is 1.51. The standard InChI is InChI=1S/C18H20BrN3O2/c1-11(2)24-18(23)22-7-5-12(6-8-22)13-3-4-16-14(9-13)15(10-20)17(19)21-16/h3-4,9,11-12,21H,5-8H2,1-2H3. The molecule has 0 atom stereocenters. The number of nitriles is 1. The van der Waals surface area contributed by atoms with E-state index in [0.29, 0.717) is 24.6 Å². The van der Waals surface area contributed by atoms with Crippen molar-refractivity contribution in [3.05, 3.63) is 33.9 Å². The van der Waals surface area contributed by atoms with Gasteiger partial charge in [0, 0.05) is 24.0 Å². The van der Waals surface area contributed by atoms with E-state index in [2.05, 4.69) is 39.1 Å². The van der Waals surface area contributed by atoms with Crippen molar-refractivity contribution in [2.45, 2.75) is 38.7 Å². The van der Waals surface area contributed by atoms with Gasteiger partial charge in [-0.05, 0) is 66.2 Å². The average molecular weight is 390 g/mol. The minimum absolute atomic E-state index is 0.0888. The molecule has 1 N–H and O–H groups in total. The number of fused-ring (bicyclic) bond motifs is 1. The summed E-state index contributed by atoms with van der Waals surface area (Å²) in [5, 5.41) is 10.3. The highest BCUT2D eigenvalue weighted by atomic mass is 79.9. The van der Waals surface area contributed by atoms with Crippen LogP contribution in [0.5, 0.6) is 0 Å². The number of halogens is 1. The molecule has 0 aliphatic carbocycles.